The predicted molar refractivity (Wildman–Crippen MR) is 131 cm³/mol. The Morgan fingerprint density at radius 2 is 1.55 bits per heavy atom. The summed E-state index contributed by atoms with van der Waals surface area (Å²) >= 11 is 0. The van der Waals surface area contributed by atoms with Crippen LogP contribution in [0, 0.1) is 11.8 Å². The van der Waals surface area contributed by atoms with Crippen molar-refractivity contribution in [2.45, 2.75) is 6.42 Å². The molecule has 3 N–H and O–H groups in total. The molecule has 162 valence electrons. The molecule has 1 aliphatic rings. The molecule has 1 fully saturated rings. The molecule has 0 amide bonds. The zero-order valence-electron chi connectivity index (χ0n) is 16.2. The molecule has 0 saturated carbocycles. The highest BCUT2D eigenvalue weighted by Gasteiger charge is 2.13. The highest BCUT2D eigenvalue weighted by molar-refractivity contribution is 5.86. The van der Waals surface area contributed by atoms with Gasteiger partial charge in [0.1, 0.15) is 0 Å². The van der Waals surface area contributed by atoms with Gasteiger partial charge in [0, 0.05) is 62.9 Å². The molecule has 0 atom stereocenters. The van der Waals surface area contributed by atoms with Crippen molar-refractivity contribution in [3.05, 3.63) is 42.2 Å². The number of benzene rings is 1. The predicted octanol–water partition coefficient (Wildman–Crippen LogP) is 3.36. The minimum Gasteiger partial charge on any atom is -0.369 e. The maximum atomic E-state index is 5.42. The van der Waals surface area contributed by atoms with Crippen LogP contribution in [0.25, 0.3) is 0 Å². The van der Waals surface area contributed by atoms with Crippen LogP contribution in [0.5, 0.6) is 0 Å². The molecular weight excluding hydrogens is 454 g/mol. The van der Waals surface area contributed by atoms with Crippen molar-refractivity contribution < 1.29 is 0 Å². The van der Waals surface area contributed by atoms with Crippen molar-refractivity contribution in [2.24, 2.45) is 5.73 Å². The first kappa shape index (κ1) is 29.7. The maximum absolute atomic E-state index is 5.42. The van der Waals surface area contributed by atoms with E-state index in [9.17, 15) is 0 Å². The molecular formula is C19H28Cl4N6. The summed E-state index contributed by atoms with van der Waals surface area (Å²) in [6.45, 7) is 4.92. The Hall–Kier alpha value is -1.46. The summed E-state index contributed by atoms with van der Waals surface area (Å²) in [6.07, 6.45) is 4.12. The van der Waals surface area contributed by atoms with Gasteiger partial charge in [-0.15, -0.1) is 49.6 Å². The lowest BCUT2D eigenvalue weighted by molar-refractivity contribution is 0.313. The normalized spacial score (nSPS) is 12.7. The van der Waals surface area contributed by atoms with E-state index in [1.807, 2.05) is 0 Å². The van der Waals surface area contributed by atoms with E-state index >= 15 is 0 Å². The van der Waals surface area contributed by atoms with E-state index in [2.05, 4.69) is 68.2 Å². The number of likely N-dealkylation sites (N-methyl/N-ethyl adjacent to an activating group) is 1. The van der Waals surface area contributed by atoms with Gasteiger partial charge in [-0.25, -0.2) is 9.97 Å². The van der Waals surface area contributed by atoms with Crippen molar-refractivity contribution >= 4 is 67.0 Å². The Bertz CT molecular complexity index is 738. The third-order valence-electron chi connectivity index (χ3n) is 4.15. The molecule has 0 spiro atoms. The standard InChI is InChI=1S/C19H24N6.4ClH/c1-24-10-12-25(13-11-24)18-7-5-17(6-8-18)23-19-21-14-16(15-22-19)4-2-3-9-20;;;;/h5-8,14-15H,3,9-13,20H2,1H3,(H,21,22,23);4*1H. The van der Waals surface area contributed by atoms with E-state index in [0.29, 0.717) is 18.9 Å². The number of aromatic nitrogens is 2. The van der Waals surface area contributed by atoms with Gasteiger partial charge >= 0.3 is 0 Å². The van der Waals surface area contributed by atoms with Gasteiger partial charge in [-0.1, -0.05) is 11.8 Å². The van der Waals surface area contributed by atoms with E-state index < -0.39 is 0 Å². The van der Waals surface area contributed by atoms with E-state index in [4.69, 9.17) is 5.73 Å². The van der Waals surface area contributed by atoms with Crippen LogP contribution < -0.4 is 16.0 Å². The van der Waals surface area contributed by atoms with Crippen molar-refractivity contribution in [1.82, 2.24) is 14.9 Å². The Morgan fingerprint density at radius 3 is 2.10 bits per heavy atom. The topological polar surface area (TPSA) is 70.3 Å². The number of hydrogen-bond acceptors (Lipinski definition) is 6. The Labute approximate surface area is 197 Å². The lowest BCUT2D eigenvalue weighted by Crippen LogP contribution is -2.44. The van der Waals surface area contributed by atoms with Crippen LogP contribution in [0.4, 0.5) is 17.3 Å². The number of nitrogens with zero attached hydrogens (tertiary/aromatic N) is 4. The lowest BCUT2D eigenvalue weighted by atomic mass is 10.2. The van der Waals surface area contributed by atoms with Crippen LogP contribution in [-0.2, 0) is 0 Å². The van der Waals surface area contributed by atoms with Crippen LogP contribution in [-0.4, -0.2) is 54.6 Å². The summed E-state index contributed by atoms with van der Waals surface area (Å²) < 4.78 is 0. The number of halogens is 4. The van der Waals surface area contributed by atoms with Gasteiger partial charge in [-0.05, 0) is 31.3 Å². The first-order valence-electron chi connectivity index (χ1n) is 8.56. The maximum Gasteiger partial charge on any atom is 0.227 e. The number of rotatable bonds is 4. The molecule has 10 heteroatoms. The zero-order chi connectivity index (χ0) is 17.5. The van der Waals surface area contributed by atoms with E-state index in [-0.39, 0.29) is 49.6 Å². The Balaban J connectivity index is 0. The van der Waals surface area contributed by atoms with Crippen LogP contribution >= 0.6 is 49.6 Å². The van der Waals surface area contributed by atoms with Gasteiger partial charge in [0.15, 0.2) is 0 Å². The van der Waals surface area contributed by atoms with Crippen LogP contribution in [0.2, 0.25) is 0 Å². The van der Waals surface area contributed by atoms with E-state index in [1.165, 1.54) is 5.69 Å². The van der Waals surface area contributed by atoms with Gasteiger partial charge in [0.25, 0.3) is 0 Å². The fourth-order valence-electron chi connectivity index (χ4n) is 2.64. The van der Waals surface area contributed by atoms with E-state index in [0.717, 1.165) is 37.4 Å². The fourth-order valence-corrected chi connectivity index (χ4v) is 2.64. The highest BCUT2D eigenvalue weighted by Crippen LogP contribution is 2.20. The molecule has 0 radical (unpaired) electrons. The van der Waals surface area contributed by atoms with Crippen molar-refractivity contribution in [3.63, 3.8) is 0 Å². The average Bonchev–Trinajstić information content (AvgIpc) is 2.65. The SMILES string of the molecule is CN1CCN(c2ccc(Nc3ncc(C#CCCN)cn3)cc2)CC1.Cl.Cl.Cl.Cl. The number of nitrogens with two attached hydrogens (primary N) is 1. The number of piperazine rings is 1. The van der Waals surface area contributed by atoms with Crippen LogP contribution in [0.15, 0.2) is 36.7 Å². The van der Waals surface area contributed by atoms with E-state index in [1.54, 1.807) is 12.4 Å². The monoisotopic (exact) mass is 480 g/mol. The molecule has 0 unspecified atom stereocenters. The van der Waals surface area contributed by atoms with Gasteiger partial charge in [-0.3, -0.25) is 0 Å². The molecule has 2 aromatic rings. The van der Waals surface area contributed by atoms with Gasteiger partial charge in [0.05, 0.1) is 5.56 Å². The molecule has 1 aromatic heterocycles. The molecule has 1 aliphatic heterocycles. The number of nitrogens with one attached hydrogen (secondary N) is 1. The molecule has 0 bridgehead atoms. The smallest absolute Gasteiger partial charge is 0.227 e. The fraction of sp³-hybridized carbons (Fsp3) is 0.368. The number of hydrogen-bond donors (Lipinski definition) is 2. The summed E-state index contributed by atoms with van der Waals surface area (Å²) in [6, 6.07) is 8.40. The van der Waals surface area contributed by atoms with Crippen LogP contribution in [0.1, 0.15) is 12.0 Å². The quantitative estimate of drug-likeness (QED) is 0.652. The summed E-state index contributed by atoms with van der Waals surface area (Å²) in [5, 5.41) is 3.22. The highest BCUT2D eigenvalue weighted by atomic mass is 35.5. The van der Waals surface area contributed by atoms with Crippen molar-refractivity contribution in [1.29, 1.82) is 0 Å². The Morgan fingerprint density at radius 1 is 0.966 bits per heavy atom. The molecule has 1 saturated heterocycles. The van der Waals surface area contributed by atoms with Gasteiger partial charge in [0.2, 0.25) is 5.95 Å². The summed E-state index contributed by atoms with van der Waals surface area (Å²) in [5.74, 6) is 6.54. The summed E-state index contributed by atoms with van der Waals surface area (Å²) in [7, 11) is 2.17. The second-order valence-electron chi connectivity index (χ2n) is 6.10. The third kappa shape index (κ3) is 9.26. The average molecular weight is 482 g/mol. The van der Waals surface area contributed by atoms with Gasteiger partial charge < -0.3 is 20.9 Å². The summed E-state index contributed by atoms with van der Waals surface area (Å²) in [5.41, 5.74) is 8.44. The molecule has 2 heterocycles. The molecule has 6 nitrogen and oxygen atoms in total. The minimum atomic E-state index is 0. The first-order chi connectivity index (χ1) is 12.2. The molecule has 0 aliphatic carbocycles. The first-order valence-corrected chi connectivity index (χ1v) is 8.56. The largest absolute Gasteiger partial charge is 0.369 e. The lowest BCUT2D eigenvalue weighted by Gasteiger charge is -2.34. The number of anilines is 3. The molecule has 29 heavy (non-hydrogen) atoms. The third-order valence-corrected chi connectivity index (χ3v) is 4.15. The molecule has 3 rings (SSSR count). The minimum absolute atomic E-state index is 0. The Kier molecular flexibility index (Phi) is 15.8. The molecule has 1 aromatic carbocycles. The second kappa shape index (κ2) is 15.4. The zero-order valence-corrected chi connectivity index (χ0v) is 19.5. The summed E-state index contributed by atoms with van der Waals surface area (Å²) in [4.78, 5) is 13.4. The second-order valence-corrected chi connectivity index (χ2v) is 6.10. The van der Waals surface area contributed by atoms with Gasteiger partial charge in [-0.2, -0.15) is 0 Å². The van der Waals surface area contributed by atoms with Crippen molar-refractivity contribution in [2.75, 3.05) is 50.0 Å². The van der Waals surface area contributed by atoms with Crippen LogP contribution in [0.3, 0.4) is 0 Å². The van der Waals surface area contributed by atoms with Crippen molar-refractivity contribution in [3.8, 4) is 11.8 Å².